The number of likely N-dealkylation sites (tertiary alicyclic amines) is 1. The highest BCUT2D eigenvalue weighted by Gasteiger charge is 2.23. The molecule has 0 radical (unpaired) electrons. The second kappa shape index (κ2) is 14.5. The van der Waals surface area contributed by atoms with Gasteiger partial charge >= 0.3 is 0 Å². The second-order valence-corrected chi connectivity index (χ2v) is 8.74. The summed E-state index contributed by atoms with van der Waals surface area (Å²) in [6.07, 6.45) is 3.68. The number of amides is 1. The summed E-state index contributed by atoms with van der Waals surface area (Å²) in [6.45, 7) is 11.0. The average Bonchev–Trinajstić information content (AvgIpc) is 2.81. The monoisotopic (exact) mass is 572 g/mol. The number of anilines is 1. The van der Waals surface area contributed by atoms with Crippen molar-refractivity contribution in [2.75, 3.05) is 70.9 Å². The van der Waals surface area contributed by atoms with Crippen LogP contribution in [0.15, 0.2) is 29.3 Å². The predicted molar refractivity (Wildman–Crippen MR) is 146 cm³/mol. The molecule has 33 heavy (non-hydrogen) atoms. The number of nitrogens with one attached hydrogen (secondary N) is 1. The molecule has 0 spiro atoms. The molecule has 2 heterocycles. The molecule has 1 aromatic rings. The highest BCUT2D eigenvalue weighted by Crippen LogP contribution is 2.21. The smallest absolute Gasteiger partial charge is 0.217 e. The Hall–Kier alpha value is -1.75. The molecule has 2 fully saturated rings. The van der Waals surface area contributed by atoms with Crippen LogP contribution in [-0.2, 0) is 4.79 Å². The van der Waals surface area contributed by atoms with Crippen molar-refractivity contribution in [1.82, 2.24) is 15.1 Å². The number of carbonyl (C=O) groups is 1. The summed E-state index contributed by atoms with van der Waals surface area (Å²) in [4.78, 5) is 23.5. The Bertz CT molecular complexity index is 737. The lowest BCUT2D eigenvalue weighted by Gasteiger charge is -2.36. The summed E-state index contributed by atoms with van der Waals surface area (Å²) in [5.41, 5.74) is 6.68. The number of hydrogen-bond donors (Lipinski definition) is 2. The maximum Gasteiger partial charge on any atom is 0.217 e. The minimum Gasteiger partial charge on any atom is -0.497 e. The molecule has 2 saturated heterocycles. The Kier molecular flexibility index (Phi) is 12.1. The molecule has 8 nitrogen and oxygen atoms in total. The number of piperazine rings is 1. The Morgan fingerprint density at radius 2 is 1.91 bits per heavy atom. The van der Waals surface area contributed by atoms with Gasteiger partial charge in [0.25, 0.3) is 0 Å². The van der Waals surface area contributed by atoms with Gasteiger partial charge in [0.1, 0.15) is 5.75 Å². The standard InChI is InChI=1S/C24H40N6O2.HI/c1-3-26-24(30-13-4-6-20(19-30)18-23(25)31)27-11-5-12-28-14-16-29(17-15-28)21-7-9-22(32-2)10-8-21;/h7-10,20H,3-6,11-19H2,1-2H3,(H2,25,31)(H,26,27);1H. The number of guanidine groups is 1. The highest BCUT2D eigenvalue weighted by atomic mass is 127. The first-order valence-corrected chi connectivity index (χ1v) is 12.0. The van der Waals surface area contributed by atoms with Crippen LogP contribution < -0.4 is 20.7 Å². The zero-order chi connectivity index (χ0) is 22.8. The van der Waals surface area contributed by atoms with Crippen molar-refractivity contribution in [2.45, 2.75) is 32.6 Å². The zero-order valence-corrected chi connectivity index (χ0v) is 22.5. The molecule has 2 aliphatic heterocycles. The van der Waals surface area contributed by atoms with Crippen molar-refractivity contribution in [2.24, 2.45) is 16.6 Å². The van der Waals surface area contributed by atoms with Crippen molar-refractivity contribution in [1.29, 1.82) is 0 Å². The molecule has 1 unspecified atom stereocenters. The number of halogens is 1. The van der Waals surface area contributed by atoms with Gasteiger partial charge in [0, 0.05) is 71.0 Å². The lowest BCUT2D eigenvalue weighted by Crippen LogP contribution is -2.47. The SMILES string of the molecule is CCNC(=NCCCN1CCN(c2ccc(OC)cc2)CC1)N1CCCC(CC(N)=O)C1.I. The molecule has 2 aliphatic rings. The summed E-state index contributed by atoms with van der Waals surface area (Å²) in [7, 11) is 1.70. The van der Waals surface area contributed by atoms with Crippen LogP contribution in [0.4, 0.5) is 5.69 Å². The van der Waals surface area contributed by atoms with E-state index in [4.69, 9.17) is 15.5 Å². The third kappa shape index (κ3) is 8.84. The van der Waals surface area contributed by atoms with Crippen LogP contribution in [0.1, 0.15) is 32.6 Å². The number of primary amides is 1. The zero-order valence-electron chi connectivity index (χ0n) is 20.2. The van der Waals surface area contributed by atoms with Gasteiger partial charge in [0.05, 0.1) is 7.11 Å². The first-order chi connectivity index (χ1) is 15.6. The summed E-state index contributed by atoms with van der Waals surface area (Å²) < 4.78 is 5.26. The van der Waals surface area contributed by atoms with E-state index in [1.165, 1.54) is 5.69 Å². The number of ether oxygens (including phenoxy) is 1. The largest absolute Gasteiger partial charge is 0.497 e. The first kappa shape index (κ1) is 27.5. The van der Waals surface area contributed by atoms with Crippen molar-refractivity contribution in [3.05, 3.63) is 24.3 Å². The molecule has 1 amide bonds. The number of aliphatic imine (C=N–C) groups is 1. The normalized spacial score (nSPS) is 19.7. The number of rotatable bonds is 9. The summed E-state index contributed by atoms with van der Waals surface area (Å²) in [5.74, 6) is 2.02. The number of methoxy groups -OCH3 is 1. The number of nitrogens with zero attached hydrogens (tertiary/aromatic N) is 4. The molecule has 9 heteroatoms. The van der Waals surface area contributed by atoms with Gasteiger partial charge in [0.2, 0.25) is 5.91 Å². The van der Waals surface area contributed by atoms with E-state index in [-0.39, 0.29) is 29.9 Å². The van der Waals surface area contributed by atoms with Crippen LogP contribution in [0.5, 0.6) is 5.75 Å². The van der Waals surface area contributed by atoms with E-state index in [1.807, 2.05) is 12.1 Å². The summed E-state index contributed by atoms with van der Waals surface area (Å²) in [6, 6.07) is 8.33. The Balaban J connectivity index is 0.00000385. The minimum absolute atomic E-state index is 0. The van der Waals surface area contributed by atoms with E-state index in [2.05, 4.69) is 39.1 Å². The number of piperidine rings is 1. The maximum absolute atomic E-state index is 11.3. The molecule has 186 valence electrons. The lowest BCUT2D eigenvalue weighted by molar-refractivity contribution is -0.119. The third-order valence-corrected chi connectivity index (χ3v) is 6.35. The highest BCUT2D eigenvalue weighted by molar-refractivity contribution is 14.0. The second-order valence-electron chi connectivity index (χ2n) is 8.74. The van der Waals surface area contributed by atoms with Crippen LogP contribution in [0.3, 0.4) is 0 Å². The lowest BCUT2D eigenvalue weighted by atomic mass is 9.95. The van der Waals surface area contributed by atoms with Crippen molar-refractivity contribution < 1.29 is 9.53 Å². The van der Waals surface area contributed by atoms with Crippen molar-refractivity contribution in [3.8, 4) is 5.75 Å². The van der Waals surface area contributed by atoms with Gasteiger partial charge < -0.3 is 25.6 Å². The Labute approximate surface area is 215 Å². The fourth-order valence-electron chi connectivity index (χ4n) is 4.64. The van der Waals surface area contributed by atoms with Gasteiger partial charge in [-0.1, -0.05) is 0 Å². The van der Waals surface area contributed by atoms with Crippen LogP contribution in [0.2, 0.25) is 0 Å². The van der Waals surface area contributed by atoms with Gasteiger partial charge in [-0.05, 0) is 56.4 Å². The van der Waals surface area contributed by atoms with E-state index in [9.17, 15) is 4.79 Å². The van der Waals surface area contributed by atoms with Gasteiger partial charge in [0.15, 0.2) is 5.96 Å². The predicted octanol–water partition coefficient (Wildman–Crippen LogP) is 2.38. The maximum atomic E-state index is 11.3. The van der Waals surface area contributed by atoms with Gasteiger partial charge in [-0.2, -0.15) is 0 Å². The van der Waals surface area contributed by atoms with E-state index in [0.29, 0.717) is 12.3 Å². The quantitative estimate of drug-likeness (QED) is 0.205. The van der Waals surface area contributed by atoms with Crippen LogP contribution in [0.25, 0.3) is 0 Å². The van der Waals surface area contributed by atoms with Crippen LogP contribution >= 0.6 is 24.0 Å². The van der Waals surface area contributed by atoms with Crippen LogP contribution in [0, 0.1) is 5.92 Å². The first-order valence-electron chi connectivity index (χ1n) is 12.0. The van der Waals surface area contributed by atoms with E-state index in [1.54, 1.807) is 7.11 Å². The van der Waals surface area contributed by atoms with Crippen LogP contribution in [-0.4, -0.2) is 87.7 Å². The molecule has 0 bridgehead atoms. The van der Waals surface area contributed by atoms with E-state index < -0.39 is 0 Å². The summed E-state index contributed by atoms with van der Waals surface area (Å²) >= 11 is 0. The molecule has 0 aromatic heterocycles. The Morgan fingerprint density at radius 3 is 2.55 bits per heavy atom. The van der Waals surface area contributed by atoms with Crippen molar-refractivity contribution >= 4 is 41.5 Å². The molecular formula is C24H41IN6O2. The molecule has 1 aromatic carbocycles. The molecule has 3 rings (SSSR count). The molecule has 3 N–H and O–H groups in total. The average molecular weight is 573 g/mol. The molecular weight excluding hydrogens is 531 g/mol. The number of nitrogens with two attached hydrogens (primary N) is 1. The Morgan fingerprint density at radius 1 is 1.18 bits per heavy atom. The van der Waals surface area contributed by atoms with Gasteiger partial charge in [-0.25, -0.2) is 0 Å². The molecule has 1 atom stereocenters. The fourth-order valence-corrected chi connectivity index (χ4v) is 4.64. The minimum atomic E-state index is -0.203. The van der Waals surface area contributed by atoms with Crippen molar-refractivity contribution in [3.63, 3.8) is 0 Å². The number of carbonyl (C=O) groups excluding carboxylic acids is 1. The van der Waals surface area contributed by atoms with Gasteiger partial charge in [-0.15, -0.1) is 24.0 Å². The topological polar surface area (TPSA) is 86.4 Å². The summed E-state index contributed by atoms with van der Waals surface area (Å²) in [5, 5.41) is 3.43. The molecule has 0 saturated carbocycles. The molecule has 0 aliphatic carbocycles. The number of hydrogen-bond acceptors (Lipinski definition) is 5. The number of benzene rings is 1. The third-order valence-electron chi connectivity index (χ3n) is 6.35. The van der Waals surface area contributed by atoms with E-state index in [0.717, 1.165) is 89.9 Å². The van der Waals surface area contributed by atoms with Gasteiger partial charge in [-0.3, -0.25) is 14.7 Å². The van der Waals surface area contributed by atoms with E-state index >= 15 is 0 Å². The fraction of sp³-hybridized carbons (Fsp3) is 0.667.